The Morgan fingerprint density at radius 1 is 1.00 bits per heavy atom. The minimum atomic E-state index is -4.88. The molecule has 0 saturated carbocycles. The largest absolute Gasteiger partial charge is 0.496 e. The normalized spacial score (nSPS) is 14.6. The molecule has 0 aliphatic heterocycles. The van der Waals surface area contributed by atoms with Crippen LogP contribution in [0.1, 0.15) is 16.7 Å². The van der Waals surface area contributed by atoms with Crippen LogP contribution in [0.4, 0.5) is 13.2 Å². The molecule has 2 aromatic carbocycles. The van der Waals surface area contributed by atoms with E-state index >= 15 is 0 Å². The van der Waals surface area contributed by atoms with Crippen molar-refractivity contribution in [2.24, 2.45) is 0 Å². The van der Waals surface area contributed by atoms with Gasteiger partial charge in [0.1, 0.15) is 5.75 Å². The third kappa shape index (κ3) is 2.61. The van der Waals surface area contributed by atoms with Crippen molar-refractivity contribution in [2.45, 2.75) is 18.7 Å². The summed E-state index contributed by atoms with van der Waals surface area (Å²) in [5, 5.41) is 10.5. The van der Waals surface area contributed by atoms with E-state index in [0.717, 1.165) is 0 Å². The lowest BCUT2D eigenvalue weighted by Crippen LogP contribution is -2.43. The van der Waals surface area contributed by atoms with Gasteiger partial charge in [0.25, 0.3) is 0 Å². The average Bonchev–Trinajstić information content (AvgIpc) is 2.46. The summed E-state index contributed by atoms with van der Waals surface area (Å²) >= 11 is 0. The van der Waals surface area contributed by atoms with Crippen LogP contribution in [0.15, 0.2) is 48.5 Å². The van der Waals surface area contributed by atoms with E-state index in [1.165, 1.54) is 43.5 Å². The van der Waals surface area contributed by atoms with E-state index in [1.807, 2.05) is 0 Å². The monoisotopic (exact) mass is 296 g/mol. The second-order valence-corrected chi connectivity index (χ2v) is 4.78. The number of aliphatic hydroxyl groups is 1. The predicted octanol–water partition coefficient (Wildman–Crippen LogP) is 3.80. The minimum Gasteiger partial charge on any atom is -0.496 e. The second-order valence-electron chi connectivity index (χ2n) is 4.78. The number of hydrogen-bond acceptors (Lipinski definition) is 2. The zero-order chi connectivity index (χ0) is 15.7. The van der Waals surface area contributed by atoms with Crippen LogP contribution < -0.4 is 4.74 Å². The van der Waals surface area contributed by atoms with Gasteiger partial charge in [-0.05, 0) is 24.6 Å². The van der Waals surface area contributed by atoms with Crippen LogP contribution in [0.2, 0.25) is 0 Å². The van der Waals surface area contributed by atoms with Gasteiger partial charge in [-0.3, -0.25) is 0 Å². The predicted molar refractivity (Wildman–Crippen MR) is 73.2 cm³/mol. The van der Waals surface area contributed by atoms with Gasteiger partial charge in [0.05, 0.1) is 7.11 Å². The lowest BCUT2D eigenvalue weighted by atomic mass is 9.84. The Morgan fingerprint density at radius 3 is 2.14 bits per heavy atom. The summed E-state index contributed by atoms with van der Waals surface area (Å²) in [5.41, 5.74) is -3.08. The molecule has 0 heterocycles. The van der Waals surface area contributed by atoms with E-state index in [2.05, 4.69) is 0 Å². The van der Waals surface area contributed by atoms with Crippen LogP contribution in [-0.4, -0.2) is 18.4 Å². The second kappa shape index (κ2) is 5.41. The van der Waals surface area contributed by atoms with Gasteiger partial charge < -0.3 is 9.84 Å². The fraction of sp³-hybridized carbons (Fsp3) is 0.250. The van der Waals surface area contributed by atoms with Crippen molar-refractivity contribution in [2.75, 3.05) is 7.11 Å². The zero-order valence-electron chi connectivity index (χ0n) is 11.6. The van der Waals surface area contributed by atoms with Crippen LogP contribution in [0.5, 0.6) is 5.75 Å². The molecule has 1 atom stereocenters. The maximum Gasteiger partial charge on any atom is 0.425 e. The molecular weight excluding hydrogens is 281 g/mol. The van der Waals surface area contributed by atoms with Crippen LogP contribution >= 0.6 is 0 Å². The summed E-state index contributed by atoms with van der Waals surface area (Å²) in [6, 6.07) is 11.3. The topological polar surface area (TPSA) is 29.5 Å². The van der Waals surface area contributed by atoms with Crippen molar-refractivity contribution in [1.82, 2.24) is 0 Å². The number of halogens is 3. The van der Waals surface area contributed by atoms with Crippen LogP contribution in [-0.2, 0) is 5.60 Å². The Hall–Kier alpha value is -2.01. The average molecular weight is 296 g/mol. The number of aryl methyl sites for hydroxylation is 1. The van der Waals surface area contributed by atoms with E-state index in [1.54, 1.807) is 19.1 Å². The molecule has 0 spiro atoms. The minimum absolute atomic E-state index is 0.00993. The summed E-state index contributed by atoms with van der Waals surface area (Å²) in [5.74, 6) is -0.00993. The molecule has 0 amide bonds. The lowest BCUT2D eigenvalue weighted by Gasteiger charge is -2.32. The van der Waals surface area contributed by atoms with E-state index in [4.69, 9.17) is 4.74 Å². The molecule has 5 heteroatoms. The Balaban J connectivity index is 2.76. The standard InChI is InChI=1S/C16H15F3O2/c1-11-8-9-14(21-2)13(10-11)15(20,16(17,18)19)12-6-4-3-5-7-12/h3-10,20H,1-2H3. The summed E-state index contributed by atoms with van der Waals surface area (Å²) < 4.78 is 45.9. The van der Waals surface area contributed by atoms with Gasteiger partial charge in [0.2, 0.25) is 5.60 Å². The van der Waals surface area contributed by atoms with Crippen LogP contribution in [0, 0.1) is 6.92 Å². The fourth-order valence-corrected chi connectivity index (χ4v) is 2.26. The van der Waals surface area contributed by atoms with Crippen LogP contribution in [0.3, 0.4) is 0 Å². The van der Waals surface area contributed by atoms with Gasteiger partial charge in [-0.25, -0.2) is 0 Å². The molecule has 2 nitrogen and oxygen atoms in total. The first-order chi connectivity index (χ1) is 9.80. The smallest absolute Gasteiger partial charge is 0.425 e. The third-order valence-electron chi connectivity index (χ3n) is 3.35. The maximum atomic E-state index is 13.6. The number of hydrogen-bond donors (Lipinski definition) is 1. The van der Waals surface area contributed by atoms with Gasteiger partial charge in [0.15, 0.2) is 0 Å². The molecule has 1 N–H and O–H groups in total. The van der Waals surface area contributed by atoms with Gasteiger partial charge >= 0.3 is 6.18 Å². The van der Waals surface area contributed by atoms with E-state index < -0.39 is 11.8 Å². The Morgan fingerprint density at radius 2 is 1.62 bits per heavy atom. The number of benzene rings is 2. The Bertz CT molecular complexity index is 623. The SMILES string of the molecule is COc1ccc(C)cc1C(O)(c1ccccc1)C(F)(F)F. The molecule has 0 radical (unpaired) electrons. The van der Waals surface area contributed by atoms with Crippen LogP contribution in [0.25, 0.3) is 0 Å². The fourth-order valence-electron chi connectivity index (χ4n) is 2.26. The molecule has 2 rings (SSSR count). The van der Waals surface area contributed by atoms with Crippen molar-refractivity contribution in [1.29, 1.82) is 0 Å². The summed E-state index contributed by atoms with van der Waals surface area (Å²) in [7, 11) is 1.27. The molecule has 0 aromatic heterocycles. The first-order valence-electron chi connectivity index (χ1n) is 6.30. The summed E-state index contributed by atoms with van der Waals surface area (Å²) in [6.45, 7) is 1.66. The Labute approximate surface area is 120 Å². The highest BCUT2D eigenvalue weighted by Gasteiger charge is 2.57. The van der Waals surface area contributed by atoms with Crippen molar-refractivity contribution in [3.05, 3.63) is 65.2 Å². The molecule has 112 valence electrons. The number of alkyl halides is 3. The van der Waals surface area contributed by atoms with Crippen molar-refractivity contribution >= 4 is 0 Å². The quantitative estimate of drug-likeness (QED) is 0.933. The molecule has 21 heavy (non-hydrogen) atoms. The van der Waals surface area contributed by atoms with E-state index in [0.29, 0.717) is 5.56 Å². The van der Waals surface area contributed by atoms with Gasteiger partial charge in [0, 0.05) is 5.56 Å². The van der Waals surface area contributed by atoms with Crippen molar-refractivity contribution in [3.63, 3.8) is 0 Å². The first-order valence-corrected chi connectivity index (χ1v) is 6.30. The molecule has 1 unspecified atom stereocenters. The highest BCUT2D eigenvalue weighted by atomic mass is 19.4. The number of ether oxygens (including phenoxy) is 1. The van der Waals surface area contributed by atoms with E-state index in [-0.39, 0.29) is 16.9 Å². The summed E-state index contributed by atoms with van der Waals surface area (Å²) in [6.07, 6.45) is -4.88. The van der Waals surface area contributed by atoms with Crippen molar-refractivity contribution in [3.8, 4) is 5.75 Å². The third-order valence-corrected chi connectivity index (χ3v) is 3.35. The number of rotatable bonds is 3. The molecule has 2 aromatic rings. The highest BCUT2D eigenvalue weighted by Crippen LogP contribution is 2.47. The van der Waals surface area contributed by atoms with Gasteiger partial charge in [-0.2, -0.15) is 13.2 Å². The number of methoxy groups -OCH3 is 1. The molecule has 0 saturated heterocycles. The van der Waals surface area contributed by atoms with Gasteiger partial charge in [-0.15, -0.1) is 0 Å². The lowest BCUT2D eigenvalue weighted by molar-refractivity contribution is -0.248. The molecular formula is C16H15F3O2. The summed E-state index contributed by atoms with van der Waals surface area (Å²) in [4.78, 5) is 0. The highest BCUT2D eigenvalue weighted by molar-refractivity contribution is 5.47. The zero-order valence-corrected chi connectivity index (χ0v) is 11.6. The molecule has 0 bridgehead atoms. The van der Waals surface area contributed by atoms with Gasteiger partial charge in [-0.1, -0.05) is 42.0 Å². The van der Waals surface area contributed by atoms with Crippen molar-refractivity contribution < 1.29 is 23.0 Å². The maximum absolute atomic E-state index is 13.6. The van der Waals surface area contributed by atoms with E-state index in [9.17, 15) is 18.3 Å². The molecule has 0 aliphatic carbocycles. The molecule has 0 fully saturated rings. The molecule has 0 aliphatic rings. The first kappa shape index (κ1) is 15.4. The Kier molecular flexibility index (Phi) is 3.96.